The van der Waals surface area contributed by atoms with Crippen LogP contribution in [0.3, 0.4) is 0 Å². The summed E-state index contributed by atoms with van der Waals surface area (Å²) in [6.45, 7) is 0.0817. The number of hydrogen-bond acceptors (Lipinski definition) is 10. The van der Waals surface area contributed by atoms with Crippen molar-refractivity contribution in [1.82, 2.24) is 0 Å². The van der Waals surface area contributed by atoms with E-state index in [0.717, 1.165) is 19.3 Å². The van der Waals surface area contributed by atoms with Crippen molar-refractivity contribution in [3.05, 3.63) is 0 Å². The van der Waals surface area contributed by atoms with Crippen LogP contribution in [0.1, 0.15) is 77.6 Å². The van der Waals surface area contributed by atoms with Crippen molar-refractivity contribution in [2.75, 3.05) is 26.4 Å². The van der Waals surface area contributed by atoms with E-state index in [0.29, 0.717) is 6.42 Å². The molecule has 0 spiro atoms. The van der Waals surface area contributed by atoms with Crippen molar-refractivity contribution in [3.63, 3.8) is 0 Å². The Balaban J connectivity index is 0.0000102. The number of ether oxygens (including phenoxy) is 3. The molecule has 1 rings (SSSR count). The van der Waals surface area contributed by atoms with Gasteiger partial charge in [0.2, 0.25) is 0 Å². The molecule has 1 aliphatic heterocycles. The molecule has 1 fully saturated rings. The zero-order chi connectivity index (χ0) is 24.0. The molecule has 0 aromatic carbocycles. The summed E-state index contributed by atoms with van der Waals surface area (Å²) in [6.07, 6.45) is 9.09. The Hall–Kier alpha value is -0.0836. The van der Waals surface area contributed by atoms with E-state index in [1.165, 1.54) is 32.1 Å². The first kappa shape index (κ1) is 32.9. The summed E-state index contributed by atoms with van der Waals surface area (Å²) < 4.78 is 48.6. The van der Waals surface area contributed by atoms with Crippen molar-refractivity contribution >= 4 is 28.0 Å². The normalized spacial score (nSPS) is 21.6. The largest absolute Gasteiger partial charge is 1.00 e. The number of carbonyl (C=O) groups excluding carboxylic acids is 3. The summed E-state index contributed by atoms with van der Waals surface area (Å²) in [5.41, 5.74) is -1.44. The van der Waals surface area contributed by atoms with Gasteiger partial charge in [-0.2, -0.15) is 0 Å². The molecule has 1 saturated heterocycles. The van der Waals surface area contributed by atoms with Crippen molar-refractivity contribution in [2.24, 2.45) is 5.41 Å². The predicted octanol–water partition coefficient (Wildman–Crippen LogP) is -1.16. The third kappa shape index (κ3) is 13.5. The Labute approximate surface area is 238 Å². The molecule has 12 heteroatoms. The second-order valence-electron chi connectivity index (χ2n) is 8.35. The van der Waals surface area contributed by atoms with Gasteiger partial charge in [-0.25, -0.2) is 8.42 Å². The molecule has 0 bridgehead atoms. The van der Waals surface area contributed by atoms with Crippen molar-refractivity contribution in [3.8, 4) is 0 Å². The number of aliphatic hydroxyl groups is 1. The van der Waals surface area contributed by atoms with Crippen molar-refractivity contribution in [1.29, 1.82) is 0 Å². The molecule has 0 saturated carbocycles. The fraction of sp³-hybridized carbons (Fsp3) is 0.857. The van der Waals surface area contributed by atoms with E-state index >= 15 is 0 Å². The van der Waals surface area contributed by atoms with Crippen LogP contribution in [0.5, 0.6) is 0 Å². The van der Waals surface area contributed by atoms with Gasteiger partial charge < -0.3 is 23.9 Å². The summed E-state index contributed by atoms with van der Waals surface area (Å²) in [5, 5.41) is 7.53. The van der Waals surface area contributed by atoms with E-state index in [4.69, 9.17) is 14.2 Å². The third-order valence-electron chi connectivity index (χ3n) is 5.38. The van der Waals surface area contributed by atoms with Gasteiger partial charge in [-0.15, -0.1) is 0 Å². The SMILES string of the molecule is CCCCCCCCCCCC(=O)OCC1(CO)COC(=O)CC(S(=O)(=O)[O-])C(=O)OC1.[K+]. The van der Waals surface area contributed by atoms with E-state index in [2.05, 4.69) is 6.92 Å². The molecule has 2 unspecified atom stereocenters. The molecule has 186 valence electrons. The maximum Gasteiger partial charge on any atom is 1.00 e. The smallest absolute Gasteiger partial charge is 0.747 e. The van der Waals surface area contributed by atoms with Crippen LogP contribution in [-0.4, -0.2) is 67.7 Å². The number of aliphatic hydroxyl groups excluding tert-OH is 1. The average molecular weight is 519 g/mol. The summed E-state index contributed by atoms with van der Waals surface area (Å²) in [5.74, 6) is -3.01. The number of unbranched alkanes of at least 4 members (excludes halogenated alkanes) is 8. The topological polar surface area (TPSA) is 156 Å². The fourth-order valence-electron chi connectivity index (χ4n) is 3.21. The van der Waals surface area contributed by atoms with E-state index in [-0.39, 0.29) is 57.8 Å². The van der Waals surface area contributed by atoms with Crippen molar-refractivity contribution < 1.29 is 98.1 Å². The van der Waals surface area contributed by atoms with Crippen LogP contribution in [0.25, 0.3) is 0 Å². The quantitative estimate of drug-likeness (QED) is 0.0978. The zero-order valence-electron chi connectivity index (χ0n) is 19.7. The molecule has 0 amide bonds. The maximum atomic E-state index is 12.0. The molecule has 2 atom stereocenters. The molecule has 1 N–H and O–H groups in total. The van der Waals surface area contributed by atoms with E-state index < -0.39 is 71.5 Å². The third-order valence-corrected chi connectivity index (χ3v) is 6.44. The Morgan fingerprint density at radius 2 is 1.61 bits per heavy atom. The van der Waals surface area contributed by atoms with E-state index in [9.17, 15) is 32.5 Å². The van der Waals surface area contributed by atoms with Gasteiger partial charge in [0.25, 0.3) is 0 Å². The number of rotatable bonds is 14. The molecule has 0 aromatic rings. The van der Waals surface area contributed by atoms with Gasteiger partial charge in [0.1, 0.15) is 29.9 Å². The van der Waals surface area contributed by atoms with Crippen LogP contribution in [0.2, 0.25) is 0 Å². The molecule has 0 radical (unpaired) electrons. The van der Waals surface area contributed by atoms with Gasteiger partial charge in [-0.05, 0) is 6.42 Å². The fourth-order valence-corrected chi connectivity index (χ4v) is 3.86. The molecule has 10 nitrogen and oxygen atoms in total. The van der Waals surface area contributed by atoms with Gasteiger partial charge in [0.05, 0.1) is 18.4 Å². The van der Waals surface area contributed by atoms with Gasteiger partial charge in [-0.3, -0.25) is 14.4 Å². The minimum absolute atomic E-state index is 0. The molecule has 1 aliphatic rings. The number of carbonyl (C=O) groups is 3. The van der Waals surface area contributed by atoms with Gasteiger partial charge >= 0.3 is 69.3 Å². The van der Waals surface area contributed by atoms with E-state index in [1.807, 2.05) is 0 Å². The molecular formula is C21H35KO10S. The second-order valence-corrected chi connectivity index (χ2v) is 9.91. The Morgan fingerprint density at radius 3 is 2.15 bits per heavy atom. The molecule has 0 aromatic heterocycles. The van der Waals surface area contributed by atoms with Crippen LogP contribution in [-0.2, 0) is 38.7 Å². The Morgan fingerprint density at radius 1 is 1.06 bits per heavy atom. The monoisotopic (exact) mass is 518 g/mol. The zero-order valence-corrected chi connectivity index (χ0v) is 23.7. The first-order valence-electron chi connectivity index (χ1n) is 11.2. The summed E-state index contributed by atoms with van der Waals surface area (Å²) in [4.78, 5) is 35.8. The van der Waals surface area contributed by atoms with Gasteiger partial charge in [-0.1, -0.05) is 58.3 Å². The van der Waals surface area contributed by atoms with Gasteiger partial charge in [0.15, 0.2) is 5.25 Å². The summed E-state index contributed by atoms with van der Waals surface area (Å²) >= 11 is 0. The van der Waals surface area contributed by atoms with Crippen LogP contribution in [0.15, 0.2) is 0 Å². The Kier molecular flexibility index (Phi) is 17.3. The van der Waals surface area contributed by atoms with Gasteiger partial charge in [0, 0.05) is 6.42 Å². The number of hydrogen-bond donors (Lipinski definition) is 1. The molecule has 1 heterocycles. The van der Waals surface area contributed by atoms with Crippen LogP contribution >= 0.6 is 0 Å². The number of esters is 3. The first-order chi connectivity index (χ1) is 15.1. The maximum absolute atomic E-state index is 12.0. The van der Waals surface area contributed by atoms with Crippen LogP contribution in [0.4, 0.5) is 0 Å². The minimum atomic E-state index is -5.13. The Bertz CT molecular complexity index is 712. The first-order valence-corrected chi connectivity index (χ1v) is 12.6. The second kappa shape index (κ2) is 17.4. The summed E-state index contributed by atoms with van der Waals surface area (Å²) in [6, 6.07) is 0. The van der Waals surface area contributed by atoms with E-state index in [1.54, 1.807) is 0 Å². The summed E-state index contributed by atoms with van der Waals surface area (Å²) in [7, 11) is -5.13. The molecule has 0 aliphatic carbocycles. The molecular weight excluding hydrogens is 483 g/mol. The standard InChI is InChI=1S/C21H36O10S.K/c1-2-3-4-5-6-7-8-9-10-11-18(23)29-14-21(13-22)15-30-19(24)12-17(32(26,27)28)20(25)31-16-21;/h17,22H,2-16H2,1H3,(H,26,27,28);/q;+1/p-1. The average Bonchev–Trinajstić information content (AvgIpc) is 2.80. The predicted molar refractivity (Wildman–Crippen MR) is 112 cm³/mol. The molecule has 33 heavy (non-hydrogen) atoms. The van der Waals surface area contributed by atoms with Crippen LogP contribution < -0.4 is 51.4 Å². The number of cyclic esters (lactones) is 2. The van der Waals surface area contributed by atoms with Crippen LogP contribution in [0, 0.1) is 5.41 Å². The minimum Gasteiger partial charge on any atom is -0.747 e. The van der Waals surface area contributed by atoms with Crippen molar-refractivity contribution in [2.45, 2.75) is 82.8 Å².